The van der Waals surface area contributed by atoms with Crippen LogP contribution in [0.4, 0.5) is 0 Å². The summed E-state index contributed by atoms with van der Waals surface area (Å²) in [6.07, 6.45) is 4.87. The largest absolute Gasteiger partial charge is 0.456 e. The zero-order valence-corrected chi connectivity index (χ0v) is 14.3. The fraction of sp³-hybridized carbons (Fsp3) is 0.647. The molecule has 0 aromatic heterocycles. The first-order valence-corrected chi connectivity index (χ1v) is 8.16. The maximum Gasteiger partial charge on any atom is 0.308 e. The second-order valence-corrected chi connectivity index (χ2v) is 7.19. The van der Waals surface area contributed by atoms with E-state index in [1.165, 1.54) is 0 Å². The van der Waals surface area contributed by atoms with E-state index in [0.717, 1.165) is 4.90 Å². The van der Waals surface area contributed by atoms with E-state index >= 15 is 0 Å². The summed E-state index contributed by atoms with van der Waals surface area (Å²) in [6.45, 7) is 5.11. The summed E-state index contributed by atoms with van der Waals surface area (Å²) in [6, 6.07) is 0. The predicted octanol–water partition coefficient (Wildman–Crippen LogP) is 0.786. The Bertz CT molecular complexity index is 550. The van der Waals surface area contributed by atoms with Gasteiger partial charge in [-0.1, -0.05) is 12.2 Å². The van der Waals surface area contributed by atoms with Crippen LogP contribution >= 0.6 is 0 Å². The van der Waals surface area contributed by atoms with Gasteiger partial charge in [-0.3, -0.25) is 24.1 Å². The van der Waals surface area contributed by atoms with Crippen molar-refractivity contribution in [1.82, 2.24) is 10.2 Å². The maximum absolute atomic E-state index is 12.2. The van der Waals surface area contributed by atoms with Crippen LogP contribution in [0.3, 0.4) is 0 Å². The number of nitrogens with one attached hydrogen (secondary N) is 1. The molecule has 1 saturated heterocycles. The number of allylic oxidation sites excluding steroid dienone is 2. The highest BCUT2D eigenvalue weighted by molar-refractivity contribution is 6.05. The molecule has 2 aliphatic rings. The Morgan fingerprint density at radius 2 is 1.71 bits per heavy atom. The van der Waals surface area contributed by atoms with Crippen molar-refractivity contribution < 1.29 is 23.9 Å². The first-order valence-electron chi connectivity index (χ1n) is 8.16. The number of fused-ring (bicyclic) bond motifs is 1. The van der Waals surface area contributed by atoms with E-state index in [0.29, 0.717) is 12.8 Å². The minimum atomic E-state index is -0.604. The number of ether oxygens (including phenoxy) is 1. The van der Waals surface area contributed by atoms with Crippen molar-refractivity contribution in [2.75, 3.05) is 13.2 Å². The maximum atomic E-state index is 12.2. The van der Waals surface area contributed by atoms with E-state index in [-0.39, 0.29) is 49.1 Å². The number of carbonyl (C=O) groups excluding carboxylic acids is 4. The lowest BCUT2D eigenvalue weighted by Crippen LogP contribution is -2.43. The number of likely N-dealkylation sites (tertiary alicyclic amines) is 1. The molecule has 1 aliphatic heterocycles. The third kappa shape index (κ3) is 4.43. The summed E-state index contributed by atoms with van der Waals surface area (Å²) in [5.74, 6) is -2.01. The molecule has 1 aliphatic carbocycles. The van der Waals surface area contributed by atoms with Crippen molar-refractivity contribution in [2.45, 2.75) is 45.6 Å². The van der Waals surface area contributed by atoms with Gasteiger partial charge in [0.25, 0.3) is 5.91 Å². The standard InChI is InChI=1S/C17H24N2O5/c1-17(2,3)18-13(20)10-24-14(21)8-9-19-15(22)11-6-4-5-7-12(11)16(19)23/h4-5,11-12H,6-10H2,1-3H3,(H,18,20)/t11-,12-/m1/s1. The third-order valence-electron chi connectivity index (χ3n) is 4.02. The van der Waals surface area contributed by atoms with Gasteiger partial charge in [-0.15, -0.1) is 0 Å². The smallest absolute Gasteiger partial charge is 0.308 e. The van der Waals surface area contributed by atoms with Crippen LogP contribution in [0.1, 0.15) is 40.0 Å². The number of carbonyl (C=O) groups is 4. The van der Waals surface area contributed by atoms with Crippen molar-refractivity contribution in [3.05, 3.63) is 12.2 Å². The predicted molar refractivity (Wildman–Crippen MR) is 85.5 cm³/mol. The van der Waals surface area contributed by atoms with Crippen molar-refractivity contribution in [1.29, 1.82) is 0 Å². The molecule has 24 heavy (non-hydrogen) atoms. The van der Waals surface area contributed by atoms with Gasteiger partial charge in [0.1, 0.15) is 0 Å². The number of hydrogen-bond acceptors (Lipinski definition) is 5. The molecule has 2 atom stereocenters. The zero-order chi connectivity index (χ0) is 17.9. The molecule has 2 rings (SSSR count). The van der Waals surface area contributed by atoms with Gasteiger partial charge in [0.15, 0.2) is 6.61 Å². The van der Waals surface area contributed by atoms with Gasteiger partial charge in [0.2, 0.25) is 11.8 Å². The highest BCUT2D eigenvalue weighted by Gasteiger charge is 2.46. The Kier molecular flexibility index (Phi) is 5.41. The minimum Gasteiger partial charge on any atom is -0.456 e. The lowest BCUT2D eigenvalue weighted by atomic mass is 9.85. The molecule has 0 bridgehead atoms. The molecule has 0 spiro atoms. The van der Waals surface area contributed by atoms with E-state index in [2.05, 4.69) is 5.32 Å². The van der Waals surface area contributed by atoms with Gasteiger partial charge in [-0.25, -0.2) is 0 Å². The summed E-state index contributed by atoms with van der Waals surface area (Å²) in [5.41, 5.74) is -0.401. The van der Waals surface area contributed by atoms with E-state index < -0.39 is 11.5 Å². The molecule has 0 saturated carbocycles. The summed E-state index contributed by atoms with van der Waals surface area (Å²) >= 11 is 0. The monoisotopic (exact) mass is 336 g/mol. The van der Waals surface area contributed by atoms with Crippen molar-refractivity contribution >= 4 is 23.7 Å². The van der Waals surface area contributed by atoms with E-state index in [1.807, 2.05) is 32.9 Å². The number of rotatable bonds is 5. The molecule has 0 radical (unpaired) electrons. The average molecular weight is 336 g/mol. The SMILES string of the molecule is CC(C)(C)NC(=O)COC(=O)CCN1C(=O)[C@@H]2CC=CC[C@H]2C1=O. The summed E-state index contributed by atoms with van der Waals surface area (Å²) in [5, 5.41) is 2.68. The highest BCUT2D eigenvalue weighted by atomic mass is 16.5. The van der Waals surface area contributed by atoms with Gasteiger partial charge >= 0.3 is 5.97 Å². The molecule has 0 aromatic rings. The van der Waals surface area contributed by atoms with Crippen LogP contribution in [-0.4, -0.2) is 47.3 Å². The Labute approximate surface area is 141 Å². The highest BCUT2D eigenvalue weighted by Crippen LogP contribution is 2.34. The van der Waals surface area contributed by atoms with Crippen LogP contribution in [0, 0.1) is 11.8 Å². The van der Waals surface area contributed by atoms with E-state index in [1.54, 1.807) is 0 Å². The molecular weight excluding hydrogens is 312 g/mol. The Balaban J connectivity index is 1.77. The third-order valence-corrected chi connectivity index (χ3v) is 4.02. The van der Waals surface area contributed by atoms with Gasteiger partial charge in [-0.2, -0.15) is 0 Å². The molecule has 7 heteroatoms. The quantitative estimate of drug-likeness (QED) is 0.455. The lowest BCUT2D eigenvalue weighted by Gasteiger charge is -2.20. The Hall–Kier alpha value is -2.18. The second-order valence-electron chi connectivity index (χ2n) is 7.19. The molecule has 3 amide bonds. The van der Waals surface area contributed by atoms with Crippen LogP contribution in [0.2, 0.25) is 0 Å². The first kappa shape index (κ1) is 18.2. The van der Waals surface area contributed by atoms with Gasteiger partial charge in [0, 0.05) is 12.1 Å². The molecule has 0 aromatic carbocycles. The lowest BCUT2D eigenvalue weighted by molar-refractivity contribution is -0.150. The van der Waals surface area contributed by atoms with Gasteiger partial charge < -0.3 is 10.1 Å². The van der Waals surface area contributed by atoms with Gasteiger partial charge in [0.05, 0.1) is 18.3 Å². The second kappa shape index (κ2) is 7.15. The van der Waals surface area contributed by atoms with E-state index in [4.69, 9.17) is 4.74 Å². The molecule has 1 fully saturated rings. The minimum absolute atomic E-state index is 0.00436. The normalized spacial score (nSPS) is 23.2. The molecule has 1 heterocycles. The number of nitrogens with zero attached hydrogens (tertiary/aromatic N) is 1. The summed E-state index contributed by atoms with van der Waals surface area (Å²) < 4.78 is 4.89. The van der Waals surface area contributed by atoms with Crippen LogP contribution < -0.4 is 5.32 Å². The fourth-order valence-corrected chi connectivity index (χ4v) is 2.97. The Morgan fingerprint density at radius 1 is 1.17 bits per heavy atom. The molecule has 132 valence electrons. The molecule has 7 nitrogen and oxygen atoms in total. The van der Waals surface area contributed by atoms with Crippen molar-refractivity contribution in [3.8, 4) is 0 Å². The first-order chi connectivity index (χ1) is 11.2. The Morgan fingerprint density at radius 3 is 2.21 bits per heavy atom. The van der Waals surface area contributed by atoms with Crippen LogP contribution in [0.25, 0.3) is 0 Å². The topological polar surface area (TPSA) is 92.8 Å². The van der Waals surface area contributed by atoms with Crippen LogP contribution in [0.15, 0.2) is 12.2 Å². The molecular formula is C17H24N2O5. The van der Waals surface area contributed by atoms with Crippen molar-refractivity contribution in [2.24, 2.45) is 11.8 Å². The van der Waals surface area contributed by atoms with E-state index in [9.17, 15) is 19.2 Å². The number of esters is 1. The summed E-state index contributed by atoms with van der Waals surface area (Å²) in [4.78, 5) is 49.0. The fourth-order valence-electron chi connectivity index (χ4n) is 2.97. The van der Waals surface area contributed by atoms with Crippen LogP contribution in [0.5, 0.6) is 0 Å². The zero-order valence-electron chi connectivity index (χ0n) is 14.3. The average Bonchev–Trinajstić information content (AvgIpc) is 2.74. The summed E-state index contributed by atoms with van der Waals surface area (Å²) in [7, 11) is 0. The number of imide groups is 1. The van der Waals surface area contributed by atoms with Crippen molar-refractivity contribution in [3.63, 3.8) is 0 Å². The van der Waals surface area contributed by atoms with Gasteiger partial charge in [-0.05, 0) is 33.6 Å². The molecule has 1 N–H and O–H groups in total. The number of hydrogen-bond donors (Lipinski definition) is 1. The van der Waals surface area contributed by atoms with Crippen LogP contribution in [-0.2, 0) is 23.9 Å². The number of amides is 3. The molecule has 0 unspecified atom stereocenters.